The molecule has 34 heavy (non-hydrogen) atoms. The lowest BCUT2D eigenvalue weighted by molar-refractivity contribution is -0.133. The molecule has 178 valence electrons. The van der Waals surface area contributed by atoms with Crippen LogP contribution in [0.1, 0.15) is 24.3 Å². The van der Waals surface area contributed by atoms with Crippen LogP contribution in [0.2, 0.25) is 5.02 Å². The molecule has 3 saturated heterocycles. The number of hydrogen-bond acceptors (Lipinski definition) is 6. The average molecular weight is 481 g/mol. The number of aromatic nitrogens is 3. The summed E-state index contributed by atoms with van der Waals surface area (Å²) in [5.74, 6) is 0.873. The fourth-order valence-corrected chi connectivity index (χ4v) is 5.93. The standard InChI is InChI=1S/C25H29ClN6O2/c26-18-3-1-17(2-4-18)21(20-13-25(14-28-20)6-12-34-15-25)24(33)32-10-8-31(9-11-32)23-19-5-7-27-22(19)29-16-30-23/h1-5,7,16,20-21,28H,6,8-15H2,(H,27,29,30)/t20-,21-,25?/m0/s1. The van der Waals surface area contributed by atoms with Crippen LogP contribution >= 0.6 is 11.6 Å². The molecule has 3 aromatic rings. The van der Waals surface area contributed by atoms with Crippen LogP contribution in [0.3, 0.4) is 0 Å². The number of piperazine rings is 1. The van der Waals surface area contributed by atoms with E-state index in [1.807, 2.05) is 41.4 Å². The topological polar surface area (TPSA) is 86.4 Å². The smallest absolute Gasteiger partial charge is 0.231 e. The van der Waals surface area contributed by atoms with Gasteiger partial charge in [0.15, 0.2) is 0 Å². The van der Waals surface area contributed by atoms with Crippen LogP contribution < -0.4 is 10.2 Å². The van der Waals surface area contributed by atoms with Crippen LogP contribution in [0.15, 0.2) is 42.9 Å². The van der Waals surface area contributed by atoms with Gasteiger partial charge in [-0.15, -0.1) is 0 Å². The monoisotopic (exact) mass is 480 g/mol. The number of carbonyl (C=O) groups excluding carboxylic acids is 1. The number of rotatable bonds is 4. The van der Waals surface area contributed by atoms with E-state index in [2.05, 4.69) is 25.2 Å². The lowest BCUT2D eigenvalue weighted by Gasteiger charge is -2.38. The molecule has 3 fully saturated rings. The summed E-state index contributed by atoms with van der Waals surface area (Å²) in [6, 6.07) is 9.87. The molecular weight excluding hydrogens is 452 g/mol. The predicted octanol–water partition coefficient (Wildman–Crippen LogP) is 2.81. The lowest BCUT2D eigenvalue weighted by atomic mass is 9.80. The number of nitrogens with one attached hydrogen (secondary N) is 2. The molecule has 9 heteroatoms. The van der Waals surface area contributed by atoms with E-state index in [-0.39, 0.29) is 23.3 Å². The molecule has 0 saturated carbocycles. The minimum Gasteiger partial charge on any atom is -0.381 e. The van der Waals surface area contributed by atoms with E-state index in [0.717, 1.165) is 68.1 Å². The predicted molar refractivity (Wildman–Crippen MR) is 131 cm³/mol. The van der Waals surface area contributed by atoms with Crippen molar-refractivity contribution in [2.75, 3.05) is 50.8 Å². The van der Waals surface area contributed by atoms with Crippen molar-refractivity contribution < 1.29 is 9.53 Å². The molecule has 0 radical (unpaired) electrons. The number of nitrogens with zero attached hydrogens (tertiary/aromatic N) is 4. The third-order valence-corrected chi connectivity index (χ3v) is 7.95. The summed E-state index contributed by atoms with van der Waals surface area (Å²) in [6.45, 7) is 5.32. The van der Waals surface area contributed by atoms with Gasteiger partial charge in [-0.25, -0.2) is 9.97 Å². The maximum atomic E-state index is 14.0. The SMILES string of the molecule is O=C([C@@H](c1ccc(Cl)cc1)[C@@H]1CC2(CCOC2)CN1)N1CCN(c2ncnc3[nH]ccc23)CC1. The number of halogens is 1. The Kier molecular flexibility index (Phi) is 5.67. The van der Waals surface area contributed by atoms with Crippen molar-refractivity contribution in [2.24, 2.45) is 5.41 Å². The van der Waals surface area contributed by atoms with Crippen molar-refractivity contribution >= 4 is 34.4 Å². The molecular formula is C25H29ClN6O2. The molecule has 3 atom stereocenters. The van der Waals surface area contributed by atoms with Crippen molar-refractivity contribution in [2.45, 2.75) is 24.8 Å². The Morgan fingerprint density at radius 3 is 2.74 bits per heavy atom. The largest absolute Gasteiger partial charge is 0.381 e. The Bertz CT molecular complexity index is 1170. The minimum absolute atomic E-state index is 0.0924. The molecule has 0 bridgehead atoms. The van der Waals surface area contributed by atoms with Crippen LogP contribution in [0.4, 0.5) is 5.82 Å². The molecule has 2 aromatic heterocycles. The molecule has 8 nitrogen and oxygen atoms in total. The molecule has 0 aliphatic carbocycles. The maximum absolute atomic E-state index is 14.0. The highest BCUT2D eigenvalue weighted by atomic mass is 35.5. The first-order valence-electron chi connectivity index (χ1n) is 12.0. The van der Waals surface area contributed by atoms with E-state index in [1.165, 1.54) is 0 Å². The van der Waals surface area contributed by atoms with Gasteiger partial charge in [-0.1, -0.05) is 23.7 Å². The summed E-state index contributed by atoms with van der Waals surface area (Å²) in [5, 5.41) is 5.38. The Labute approximate surface area is 203 Å². The van der Waals surface area contributed by atoms with E-state index >= 15 is 0 Å². The van der Waals surface area contributed by atoms with Crippen molar-refractivity contribution in [3.05, 3.63) is 53.4 Å². The molecule has 6 rings (SSSR count). The molecule has 5 heterocycles. The van der Waals surface area contributed by atoms with Gasteiger partial charge >= 0.3 is 0 Å². The first-order chi connectivity index (χ1) is 16.6. The molecule has 1 unspecified atom stereocenters. The third-order valence-electron chi connectivity index (χ3n) is 7.70. The van der Waals surface area contributed by atoms with Gasteiger partial charge in [0.2, 0.25) is 5.91 Å². The number of anilines is 1. The molecule has 3 aliphatic rings. The summed E-state index contributed by atoms with van der Waals surface area (Å²) in [6.07, 6.45) is 5.49. The van der Waals surface area contributed by atoms with Gasteiger partial charge in [0.05, 0.1) is 17.9 Å². The van der Waals surface area contributed by atoms with Crippen LogP contribution in [0, 0.1) is 5.41 Å². The fraction of sp³-hybridized carbons (Fsp3) is 0.480. The van der Waals surface area contributed by atoms with Crippen molar-refractivity contribution in [3.63, 3.8) is 0 Å². The van der Waals surface area contributed by atoms with E-state index in [4.69, 9.17) is 16.3 Å². The number of amides is 1. The number of ether oxygens (including phenoxy) is 1. The van der Waals surface area contributed by atoms with Crippen molar-refractivity contribution in [3.8, 4) is 0 Å². The van der Waals surface area contributed by atoms with Crippen LogP contribution in [-0.2, 0) is 9.53 Å². The third kappa shape index (κ3) is 3.93. The van der Waals surface area contributed by atoms with E-state index in [0.29, 0.717) is 18.1 Å². The van der Waals surface area contributed by atoms with Crippen molar-refractivity contribution in [1.29, 1.82) is 0 Å². The van der Waals surface area contributed by atoms with Crippen LogP contribution in [-0.4, -0.2) is 77.7 Å². The van der Waals surface area contributed by atoms with Gasteiger partial charge in [0.25, 0.3) is 0 Å². The highest BCUT2D eigenvalue weighted by Gasteiger charge is 2.47. The van der Waals surface area contributed by atoms with E-state index in [9.17, 15) is 4.79 Å². The zero-order chi connectivity index (χ0) is 23.1. The maximum Gasteiger partial charge on any atom is 0.231 e. The number of fused-ring (bicyclic) bond motifs is 1. The molecule has 1 spiro atoms. The summed E-state index contributed by atoms with van der Waals surface area (Å²) >= 11 is 6.16. The quantitative estimate of drug-likeness (QED) is 0.597. The van der Waals surface area contributed by atoms with E-state index in [1.54, 1.807) is 6.33 Å². The number of H-pyrrole nitrogens is 1. The summed E-state index contributed by atoms with van der Waals surface area (Å²) in [7, 11) is 0. The average Bonchev–Trinajstić information content (AvgIpc) is 3.62. The normalized spacial score (nSPS) is 26.0. The van der Waals surface area contributed by atoms with Crippen molar-refractivity contribution in [1.82, 2.24) is 25.2 Å². The Morgan fingerprint density at radius 1 is 1.15 bits per heavy atom. The number of hydrogen-bond donors (Lipinski definition) is 2. The van der Waals surface area contributed by atoms with Gasteiger partial charge in [-0.2, -0.15) is 0 Å². The Hall–Kier alpha value is -2.68. The van der Waals surface area contributed by atoms with Gasteiger partial charge in [0.1, 0.15) is 17.8 Å². The summed E-state index contributed by atoms with van der Waals surface area (Å²) < 4.78 is 5.72. The first-order valence-corrected chi connectivity index (χ1v) is 12.4. The summed E-state index contributed by atoms with van der Waals surface area (Å²) in [4.78, 5) is 30.2. The molecule has 3 aliphatic heterocycles. The summed E-state index contributed by atoms with van der Waals surface area (Å²) in [5.41, 5.74) is 2.02. The highest BCUT2D eigenvalue weighted by Crippen LogP contribution is 2.41. The molecule has 1 aromatic carbocycles. The van der Waals surface area contributed by atoms with Crippen LogP contribution in [0.5, 0.6) is 0 Å². The van der Waals surface area contributed by atoms with E-state index < -0.39 is 0 Å². The van der Waals surface area contributed by atoms with Gasteiger partial charge in [-0.3, -0.25) is 4.79 Å². The van der Waals surface area contributed by atoms with Crippen LogP contribution in [0.25, 0.3) is 11.0 Å². The number of benzene rings is 1. The zero-order valence-electron chi connectivity index (χ0n) is 19.0. The molecule has 1 amide bonds. The number of aromatic amines is 1. The second kappa shape index (κ2) is 8.83. The second-order valence-corrected chi connectivity index (χ2v) is 10.2. The van der Waals surface area contributed by atoms with Gasteiger partial charge in [-0.05, 0) is 36.6 Å². The zero-order valence-corrected chi connectivity index (χ0v) is 19.8. The van der Waals surface area contributed by atoms with Gasteiger partial charge < -0.3 is 24.8 Å². The first kappa shape index (κ1) is 21.8. The fourth-order valence-electron chi connectivity index (χ4n) is 5.81. The van der Waals surface area contributed by atoms with Gasteiger partial charge in [0, 0.05) is 62.0 Å². The minimum atomic E-state index is -0.237. The Morgan fingerprint density at radius 2 is 1.97 bits per heavy atom. The second-order valence-electron chi connectivity index (χ2n) is 9.77. The molecule has 2 N–H and O–H groups in total. The number of carbonyl (C=O) groups is 1. The lowest BCUT2D eigenvalue weighted by Crippen LogP contribution is -2.52. The Balaban J connectivity index is 1.21. The highest BCUT2D eigenvalue weighted by molar-refractivity contribution is 6.30.